The van der Waals surface area contributed by atoms with Crippen LogP contribution in [0.1, 0.15) is 5.56 Å². The van der Waals surface area contributed by atoms with Crippen molar-refractivity contribution in [1.82, 2.24) is 0 Å². The van der Waals surface area contributed by atoms with Crippen molar-refractivity contribution in [3.05, 3.63) is 35.7 Å². The highest BCUT2D eigenvalue weighted by molar-refractivity contribution is 5.85. The molecule has 0 heterocycles. The number of rotatable bonds is 3. The smallest absolute Gasteiger partial charge is 0.478 e. The van der Waals surface area contributed by atoms with Crippen molar-refractivity contribution in [1.29, 1.82) is 0 Å². The molecule has 1 N–H and O–H groups in total. The molecule has 1 aromatic carbocycles. The lowest BCUT2D eigenvalue weighted by atomic mass is 10.2. The Balaban J connectivity index is 2.98. The van der Waals surface area contributed by atoms with E-state index in [0.29, 0.717) is 6.08 Å². The molecule has 7 heteroatoms. The van der Waals surface area contributed by atoms with Gasteiger partial charge < -0.3 is 9.84 Å². The summed E-state index contributed by atoms with van der Waals surface area (Å²) in [5.41, 5.74) is -0.311. The number of hydrogen-bond acceptors (Lipinski definition) is 2. The number of ether oxygens (including phenoxy) is 1. The van der Waals surface area contributed by atoms with Crippen molar-refractivity contribution in [3.63, 3.8) is 0 Å². The van der Waals surface area contributed by atoms with Gasteiger partial charge in [-0.25, -0.2) is 9.18 Å². The zero-order valence-corrected chi connectivity index (χ0v) is 8.16. The zero-order chi connectivity index (χ0) is 13.1. The van der Waals surface area contributed by atoms with E-state index >= 15 is 0 Å². The lowest BCUT2D eigenvalue weighted by Gasteiger charge is -2.09. The average molecular weight is 250 g/mol. The monoisotopic (exact) mass is 250 g/mol. The van der Waals surface area contributed by atoms with Crippen LogP contribution in [0.3, 0.4) is 0 Å². The Morgan fingerprint density at radius 2 is 2.00 bits per heavy atom. The van der Waals surface area contributed by atoms with Gasteiger partial charge in [-0.3, -0.25) is 0 Å². The van der Waals surface area contributed by atoms with Gasteiger partial charge in [0.05, 0.1) is 0 Å². The molecule has 0 saturated heterocycles. The fourth-order valence-corrected chi connectivity index (χ4v) is 1.01. The minimum Gasteiger partial charge on any atom is -0.478 e. The molecule has 0 saturated carbocycles. The van der Waals surface area contributed by atoms with Crippen LogP contribution in [0.5, 0.6) is 5.75 Å². The highest BCUT2D eigenvalue weighted by Gasteiger charge is 2.31. The third-order valence-corrected chi connectivity index (χ3v) is 1.61. The van der Waals surface area contributed by atoms with Crippen molar-refractivity contribution in [2.45, 2.75) is 6.36 Å². The first-order valence-electron chi connectivity index (χ1n) is 4.24. The van der Waals surface area contributed by atoms with Gasteiger partial charge in [-0.2, -0.15) is 0 Å². The van der Waals surface area contributed by atoms with Gasteiger partial charge in [0, 0.05) is 11.6 Å². The summed E-state index contributed by atoms with van der Waals surface area (Å²) in [5.74, 6) is -2.81. The molecule has 0 spiro atoms. The van der Waals surface area contributed by atoms with E-state index < -0.39 is 23.9 Å². The van der Waals surface area contributed by atoms with Crippen LogP contribution in [-0.4, -0.2) is 17.4 Å². The Hall–Kier alpha value is -2.05. The van der Waals surface area contributed by atoms with Gasteiger partial charge in [-0.1, -0.05) is 0 Å². The fourth-order valence-electron chi connectivity index (χ4n) is 1.01. The Morgan fingerprint density at radius 3 is 2.53 bits per heavy atom. The second-order valence-corrected chi connectivity index (χ2v) is 2.90. The van der Waals surface area contributed by atoms with Crippen LogP contribution in [0.4, 0.5) is 17.6 Å². The topological polar surface area (TPSA) is 46.5 Å². The van der Waals surface area contributed by atoms with E-state index in [2.05, 4.69) is 4.74 Å². The van der Waals surface area contributed by atoms with E-state index in [1.165, 1.54) is 0 Å². The molecule has 17 heavy (non-hydrogen) atoms. The summed E-state index contributed by atoms with van der Waals surface area (Å²) in [4.78, 5) is 10.2. The van der Waals surface area contributed by atoms with Crippen LogP contribution in [0.15, 0.2) is 24.3 Å². The number of carboxylic acid groups (broad SMARTS) is 1. The van der Waals surface area contributed by atoms with E-state index in [0.717, 1.165) is 24.3 Å². The van der Waals surface area contributed by atoms with Gasteiger partial charge in [-0.05, 0) is 24.3 Å². The van der Waals surface area contributed by atoms with E-state index in [-0.39, 0.29) is 5.56 Å². The van der Waals surface area contributed by atoms with E-state index in [4.69, 9.17) is 5.11 Å². The molecule has 92 valence electrons. The summed E-state index contributed by atoms with van der Waals surface area (Å²) in [6, 6.07) is 2.30. The van der Waals surface area contributed by atoms with Crippen LogP contribution in [0, 0.1) is 5.82 Å². The van der Waals surface area contributed by atoms with Crippen LogP contribution in [0.2, 0.25) is 0 Å². The molecular weight excluding hydrogens is 244 g/mol. The van der Waals surface area contributed by atoms with E-state index in [9.17, 15) is 22.4 Å². The number of benzene rings is 1. The molecule has 3 nitrogen and oxygen atoms in total. The Labute approximate surface area is 92.9 Å². The number of carboxylic acids is 1. The molecule has 1 rings (SSSR count). The molecule has 0 radical (unpaired) electrons. The highest BCUT2D eigenvalue weighted by Crippen LogP contribution is 2.25. The Bertz CT molecular complexity index is 451. The maximum atomic E-state index is 13.1. The number of hydrogen-bond donors (Lipinski definition) is 1. The van der Waals surface area contributed by atoms with Gasteiger partial charge in [0.15, 0.2) is 0 Å². The number of halogens is 4. The molecule has 0 unspecified atom stereocenters. The SMILES string of the molecule is O=C(O)/C=C/c1cc(OC(F)(F)F)ccc1F. The zero-order valence-electron chi connectivity index (χ0n) is 8.16. The first-order valence-corrected chi connectivity index (χ1v) is 4.24. The minimum atomic E-state index is -4.88. The third kappa shape index (κ3) is 4.54. The fraction of sp³-hybridized carbons (Fsp3) is 0.100. The number of aliphatic carboxylic acids is 1. The first kappa shape index (κ1) is 13.0. The van der Waals surface area contributed by atoms with Crippen LogP contribution in [-0.2, 0) is 4.79 Å². The summed E-state index contributed by atoms with van der Waals surface area (Å²) in [6.07, 6.45) is -3.44. The summed E-state index contributed by atoms with van der Waals surface area (Å²) in [7, 11) is 0. The molecule has 1 aromatic rings. The lowest BCUT2D eigenvalue weighted by Crippen LogP contribution is -2.17. The average Bonchev–Trinajstić information content (AvgIpc) is 2.16. The predicted octanol–water partition coefficient (Wildman–Crippen LogP) is 2.82. The molecule has 0 aromatic heterocycles. The van der Waals surface area contributed by atoms with Gasteiger partial charge in [0.2, 0.25) is 0 Å². The van der Waals surface area contributed by atoms with Gasteiger partial charge in [-0.15, -0.1) is 13.2 Å². The largest absolute Gasteiger partial charge is 0.573 e. The molecule has 0 fully saturated rings. The number of carbonyl (C=O) groups is 1. The second kappa shape index (κ2) is 4.86. The van der Waals surface area contributed by atoms with Crippen LogP contribution in [0.25, 0.3) is 6.08 Å². The maximum absolute atomic E-state index is 13.1. The van der Waals surface area contributed by atoms with E-state index in [1.54, 1.807) is 0 Å². The molecule has 0 bridgehead atoms. The van der Waals surface area contributed by atoms with Crippen LogP contribution >= 0.6 is 0 Å². The Morgan fingerprint density at radius 1 is 1.35 bits per heavy atom. The standard InChI is InChI=1S/C10H6F4O3/c11-8-3-2-7(17-10(12,13)14)5-6(8)1-4-9(15)16/h1-5H,(H,15,16)/b4-1+. The lowest BCUT2D eigenvalue weighted by molar-refractivity contribution is -0.274. The quantitative estimate of drug-likeness (QED) is 0.662. The molecule has 0 aliphatic heterocycles. The van der Waals surface area contributed by atoms with Crippen molar-refractivity contribution < 1.29 is 32.2 Å². The maximum Gasteiger partial charge on any atom is 0.573 e. The minimum absolute atomic E-state index is 0.311. The molecule has 0 aliphatic carbocycles. The molecular formula is C10H6F4O3. The second-order valence-electron chi connectivity index (χ2n) is 2.90. The summed E-state index contributed by atoms with van der Waals surface area (Å²) >= 11 is 0. The summed E-state index contributed by atoms with van der Waals surface area (Å²) in [5, 5.41) is 8.30. The van der Waals surface area contributed by atoms with Crippen LogP contribution < -0.4 is 4.74 Å². The Kier molecular flexibility index (Phi) is 3.72. The van der Waals surface area contributed by atoms with Gasteiger partial charge >= 0.3 is 12.3 Å². The normalized spacial score (nSPS) is 11.8. The van der Waals surface area contributed by atoms with Gasteiger partial charge in [0.1, 0.15) is 11.6 Å². The molecule has 0 atom stereocenters. The van der Waals surface area contributed by atoms with Crippen molar-refractivity contribution in [2.24, 2.45) is 0 Å². The predicted molar refractivity (Wildman–Crippen MR) is 49.8 cm³/mol. The van der Waals surface area contributed by atoms with Crippen molar-refractivity contribution >= 4 is 12.0 Å². The van der Waals surface area contributed by atoms with Crippen molar-refractivity contribution in [3.8, 4) is 5.75 Å². The van der Waals surface area contributed by atoms with Gasteiger partial charge in [0.25, 0.3) is 0 Å². The molecule has 0 aliphatic rings. The van der Waals surface area contributed by atoms with E-state index in [1.807, 2.05) is 0 Å². The number of alkyl halides is 3. The van der Waals surface area contributed by atoms with Crippen molar-refractivity contribution in [2.75, 3.05) is 0 Å². The first-order chi connectivity index (χ1) is 7.78. The highest BCUT2D eigenvalue weighted by atomic mass is 19.4. The summed E-state index contributed by atoms with van der Waals surface area (Å²) < 4.78 is 52.2. The summed E-state index contributed by atoms with van der Waals surface area (Å²) in [6.45, 7) is 0. The third-order valence-electron chi connectivity index (χ3n) is 1.61. The molecule has 0 amide bonds.